The predicted octanol–water partition coefficient (Wildman–Crippen LogP) is 7.18. The summed E-state index contributed by atoms with van der Waals surface area (Å²) in [5.74, 6) is -1.28. The Kier molecular flexibility index (Phi) is 6.95. The Morgan fingerprint density at radius 3 is 2.32 bits per heavy atom. The number of aliphatic carboxylic acids is 1. The molecule has 1 aliphatic heterocycles. The Labute approximate surface area is 228 Å². The van der Waals surface area contributed by atoms with E-state index >= 15 is 4.39 Å². The van der Waals surface area contributed by atoms with Crippen molar-refractivity contribution in [2.75, 3.05) is 10.6 Å². The van der Waals surface area contributed by atoms with E-state index in [1.54, 1.807) is 6.07 Å². The van der Waals surface area contributed by atoms with Crippen LogP contribution in [-0.4, -0.2) is 29.7 Å². The fourth-order valence-corrected chi connectivity index (χ4v) is 7.75. The first-order valence-corrected chi connectivity index (χ1v) is 17.0. The number of benzene rings is 3. The Hall–Kier alpha value is -2.34. The normalized spacial score (nSPS) is 17.3. The van der Waals surface area contributed by atoms with Crippen LogP contribution in [0.5, 0.6) is 0 Å². The van der Waals surface area contributed by atoms with Gasteiger partial charge in [0.1, 0.15) is 0 Å². The molecule has 0 spiro atoms. The zero-order valence-corrected chi connectivity index (χ0v) is 24.8. The number of hydrogen-bond donors (Lipinski definition) is 2. The second-order valence-electron chi connectivity index (χ2n) is 11.3. The van der Waals surface area contributed by atoms with Crippen LogP contribution in [-0.2, 0) is 16.1 Å². The van der Waals surface area contributed by atoms with Crippen LogP contribution in [0.15, 0.2) is 42.5 Å². The Morgan fingerprint density at radius 1 is 1.11 bits per heavy atom. The van der Waals surface area contributed by atoms with Gasteiger partial charge in [-0.25, -0.2) is 0 Å². The zero-order valence-electron chi connectivity index (χ0n) is 22.8. The molecule has 3 aromatic rings. The first kappa shape index (κ1) is 27.2. The summed E-state index contributed by atoms with van der Waals surface area (Å²) in [6.07, 6.45) is 3.64. The van der Waals surface area contributed by atoms with E-state index in [9.17, 15) is 9.90 Å². The summed E-state index contributed by atoms with van der Waals surface area (Å²) in [5, 5.41) is 10.6. The van der Waals surface area contributed by atoms with Gasteiger partial charge >= 0.3 is 229 Å². The number of halogens is 1. The van der Waals surface area contributed by atoms with Gasteiger partial charge in [0.25, 0.3) is 0 Å². The van der Waals surface area contributed by atoms with Crippen LogP contribution in [0, 0.1) is 26.6 Å². The third-order valence-electron chi connectivity index (χ3n) is 8.14. The summed E-state index contributed by atoms with van der Waals surface area (Å²) >= 11 is 0. The summed E-state index contributed by atoms with van der Waals surface area (Å²) in [6.45, 7) is 13.0. The summed E-state index contributed by atoms with van der Waals surface area (Å²) < 4.78 is 24.3. The van der Waals surface area contributed by atoms with Crippen molar-refractivity contribution < 1.29 is 19.0 Å². The topological polar surface area (TPSA) is 49.8 Å². The van der Waals surface area contributed by atoms with Gasteiger partial charge in [0.15, 0.2) is 0 Å². The van der Waals surface area contributed by atoms with Gasteiger partial charge in [0, 0.05) is 0 Å². The third-order valence-corrected chi connectivity index (χ3v) is 10.4. The van der Waals surface area contributed by atoms with Crippen molar-refractivity contribution >= 4 is 36.1 Å². The second-order valence-corrected chi connectivity index (χ2v) is 17.6. The molecule has 5 rings (SSSR count). The van der Waals surface area contributed by atoms with Gasteiger partial charge in [0.2, 0.25) is 0 Å². The molecule has 8 heteroatoms. The molecular weight excluding hydrogens is 515 g/mol. The van der Waals surface area contributed by atoms with Gasteiger partial charge in [-0.3, -0.25) is 0 Å². The number of hydrogen-bond acceptors (Lipinski definition) is 3. The monoisotopic (exact) mass is 551 g/mol. The van der Waals surface area contributed by atoms with E-state index in [0.29, 0.717) is 17.7 Å². The van der Waals surface area contributed by atoms with Crippen LogP contribution < -0.4 is 4.31 Å². The fraction of sp³-hybridized carbons (Fsp3) is 0.367. The van der Waals surface area contributed by atoms with Crippen molar-refractivity contribution in [1.29, 1.82) is 0 Å². The number of rotatable bonds is 6. The molecule has 1 unspecified atom stereocenters. The minimum atomic E-state index is -1.95. The molecule has 1 saturated carbocycles. The average molecular weight is 551 g/mol. The molecule has 0 aromatic heterocycles. The van der Waals surface area contributed by atoms with E-state index in [-0.39, 0.29) is 5.82 Å². The van der Waals surface area contributed by atoms with Crippen LogP contribution in [0.1, 0.15) is 60.1 Å². The van der Waals surface area contributed by atoms with Crippen molar-refractivity contribution in [2.24, 2.45) is 0 Å². The van der Waals surface area contributed by atoms with Crippen LogP contribution in [0.2, 0.25) is 0 Å². The SMILES string of the molecule is B=[SH](C)(P)N1Cc2cccc(F)c2-c2c(C)c(-c3ccc(C)cc3)c([C@H](OC3(C)CCC3)C(=O)O)c(C)c21. The molecule has 0 saturated heterocycles. The Balaban J connectivity index is 1.91. The standard InChI is InChI=1S/C30H36BFNO3PS/c1-17-10-12-20(13-11-17)23-18(2)24-26-21(8-6-9-22(26)32)16-33(38(5,31)37)27(24)19(3)25(23)28(29(34)35)36-30(4)14-7-15-30/h6,8-13,28,31,38H,7,14-16,37H2,1-5H3,(H,34,35)/t28-/m0/s1. The quantitative estimate of drug-likeness (QED) is 0.194. The molecule has 0 bridgehead atoms. The number of carboxylic acids is 1. The number of ether oxygens (including phenoxy) is 1. The molecule has 1 N–H and O–H groups in total. The minimum absolute atomic E-state index is 0.269. The first-order valence-electron chi connectivity index (χ1n) is 13.0. The van der Waals surface area contributed by atoms with Gasteiger partial charge in [-0.05, 0) is 0 Å². The van der Waals surface area contributed by atoms with E-state index in [1.165, 1.54) is 6.07 Å². The van der Waals surface area contributed by atoms with E-state index < -0.39 is 26.9 Å². The molecule has 200 valence electrons. The van der Waals surface area contributed by atoms with Crippen LogP contribution >= 0.6 is 17.7 Å². The average Bonchev–Trinajstić information content (AvgIpc) is 2.83. The molecule has 1 fully saturated rings. The molecular formula is C30H36BFNO3PS. The number of anilines is 1. The van der Waals surface area contributed by atoms with Crippen LogP contribution in [0.3, 0.4) is 0 Å². The van der Waals surface area contributed by atoms with Crippen molar-refractivity contribution in [2.45, 2.75) is 65.2 Å². The van der Waals surface area contributed by atoms with Gasteiger partial charge < -0.3 is 0 Å². The number of nitrogens with zero attached hydrogens (tertiary/aromatic N) is 1. The van der Waals surface area contributed by atoms with E-state index in [2.05, 4.69) is 25.7 Å². The van der Waals surface area contributed by atoms with Crippen LogP contribution in [0.4, 0.5) is 10.1 Å². The van der Waals surface area contributed by atoms with Crippen LogP contribution in [0.25, 0.3) is 22.3 Å². The molecule has 1 heterocycles. The first-order chi connectivity index (χ1) is 17.8. The van der Waals surface area contributed by atoms with Crippen molar-refractivity contribution in [3.05, 3.63) is 76.1 Å². The zero-order chi connectivity index (χ0) is 27.6. The summed E-state index contributed by atoms with van der Waals surface area (Å²) in [4.78, 5) is 12.9. The summed E-state index contributed by atoms with van der Waals surface area (Å²) in [5.41, 5.74) is 7.83. The Morgan fingerprint density at radius 2 is 1.76 bits per heavy atom. The molecule has 3 aromatic carbocycles. The van der Waals surface area contributed by atoms with Crippen molar-refractivity contribution in [1.82, 2.24) is 0 Å². The van der Waals surface area contributed by atoms with Gasteiger partial charge in [-0.1, -0.05) is 0 Å². The number of thiol groups is 1. The van der Waals surface area contributed by atoms with Gasteiger partial charge in [-0.2, -0.15) is 0 Å². The predicted molar refractivity (Wildman–Crippen MR) is 163 cm³/mol. The number of fused-ring (bicyclic) bond motifs is 3. The van der Waals surface area contributed by atoms with E-state index in [1.807, 2.05) is 58.0 Å². The molecule has 0 amide bonds. The maximum atomic E-state index is 15.6. The number of carboxylic acid groups (broad SMARTS) is 1. The second kappa shape index (κ2) is 9.69. The molecule has 4 nitrogen and oxygen atoms in total. The summed E-state index contributed by atoms with van der Waals surface area (Å²) in [7, 11) is 0.949. The molecule has 0 radical (unpaired) electrons. The fourth-order valence-electron chi connectivity index (χ4n) is 5.98. The number of carbonyl (C=O) groups is 1. The third kappa shape index (κ3) is 4.57. The van der Waals surface area contributed by atoms with E-state index in [0.717, 1.165) is 63.9 Å². The van der Waals surface area contributed by atoms with Gasteiger partial charge in [0.05, 0.1) is 0 Å². The van der Waals surface area contributed by atoms with Crippen molar-refractivity contribution in [3.8, 4) is 22.3 Å². The van der Waals surface area contributed by atoms with Gasteiger partial charge in [-0.15, -0.1) is 0 Å². The maximum absolute atomic E-state index is 15.6. The molecule has 1 aliphatic carbocycles. The number of aryl methyl sites for hydroxylation is 1. The molecule has 2 atom stereocenters. The molecule has 2 aliphatic rings. The Bertz CT molecular complexity index is 1500. The van der Waals surface area contributed by atoms with Crippen molar-refractivity contribution in [3.63, 3.8) is 0 Å². The van der Waals surface area contributed by atoms with E-state index in [4.69, 9.17) is 4.74 Å². The summed E-state index contributed by atoms with van der Waals surface area (Å²) in [6, 6.07) is 13.3. The molecule has 38 heavy (non-hydrogen) atoms.